The van der Waals surface area contributed by atoms with Crippen LogP contribution in [0.3, 0.4) is 0 Å². The fraction of sp³-hybridized carbons (Fsp3) is 0.579. The smallest absolute Gasteiger partial charge is 0.317 e. The van der Waals surface area contributed by atoms with E-state index in [1.54, 1.807) is 4.90 Å². The van der Waals surface area contributed by atoms with Crippen molar-refractivity contribution in [3.63, 3.8) is 0 Å². The molecule has 0 aromatic heterocycles. The molecule has 1 fully saturated rings. The third-order valence-corrected chi connectivity index (χ3v) is 5.15. The third kappa shape index (κ3) is 4.12. The Bertz CT molecular complexity index is 622. The van der Waals surface area contributed by atoms with E-state index >= 15 is 0 Å². The number of rotatable bonds is 3. The van der Waals surface area contributed by atoms with E-state index < -0.39 is 11.9 Å². The summed E-state index contributed by atoms with van der Waals surface area (Å²) in [5.41, 5.74) is 2.72. The number of nitrogens with one attached hydrogen (secondary N) is 1. The molecule has 25 heavy (non-hydrogen) atoms. The van der Waals surface area contributed by atoms with Crippen LogP contribution < -0.4 is 5.32 Å². The fourth-order valence-electron chi connectivity index (χ4n) is 3.84. The number of fused-ring (bicyclic) bond motifs is 1. The molecule has 1 aliphatic heterocycles. The Balaban J connectivity index is 1.70. The molecule has 0 saturated carbocycles. The van der Waals surface area contributed by atoms with Crippen molar-refractivity contribution in [2.45, 2.75) is 38.8 Å². The van der Waals surface area contributed by atoms with E-state index in [1.165, 1.54) is 11.1 Å². The van der Waals surface area contributed by atoms with Crippen molar-refractivity contribution in [1.82, 2.24) is 15.1 Å². The fourth-order valence-corrected chi connectivity index (χ4v) is 3.84. The van der Waals surface area contributed by atoms with Crippen LogP contribution in [0.15, 0.2) is 24.3 Å². The second kappa shape index (κ2) is 7.44. The van der Waals surface area contributed by atoms with Gasteiger partial charge in [-0.1, -0.05) is 24.3 Å². The van der Waals surface area contributed by atoms with Crippen LogP contribution in [0.2, 0.25) is 0 Å². The van der Waals surface area contributed by atoms with Gasteiger partial charge in [0.25, 0.3) is 0 Å². The highest BCUT2D eigenvalue weighted by molar-refractivity contribution is 5.76. The standard InChI is InChI=1S/C19H27N3O3/c1-13(2)20-19(25)22-8-7-21(11-16(12-22)18(23)24)17-9-14-5-3-4-6-15(14)10-17/h3-6,13,16-17H,7-12H2,1-2H3,(H,20,25)(H,23,24)/t16-/m1/s1. The highest BCUT2D eigenvalue weighted by atomic mass is 16.4. The lowest BCUT2D eigenvalue weighted by Gasteiger charge is -2.28. The van der Waals surface area contributed by atoms with Crippen LogP contribution in [-0.4, -0.2) is 65.2 Å². The molecular formula is C19H27N3O3. The quantitative estimate of drug-likeness (QED) is 0.873. The average molecular weight is 345 g/mol. The van der Waals surface area contributed by atoms with E-state index in [2.05, 4.69) is 34.5 Å². The van der Waals surface area contributed by atoms with Gasteiger partial charge in [0.05, 0.1) is 5.92 Å². The molecule has 2 N–H and O–H groups in total. The molecule has 1 aromatic rings. The second-order valence-electron chi connectivity index (χ2n) is 7.41. The molecule has 1 heterocycles. The first-order valence-corrected chi connectivity index (χ1v) is 9.03. The first kappa shape index (κ1) is 17.7. The molecule has 1 atom stereocenters. The molecule has 6 heteroatoms. The molecule has 1 aliphatic carbocycles. The maximum atomic E-state index is 12.3. The summed E-state index contributed by atoms with van der Waals surface area (Å²) in [7, 11) is 0. The van der Waals surface area contributed by atoms with Gasteiger partial charge in [0.2, 0.25) is 0 Å². The number of amides is 2. The van der Waals surface area contributed by atoms with Crippen LogP contribution in [-0.2, 0) is 17.6 Å². The molecule has 1 aromatic carbocycles. The van der Waals surface area contributed by atoms with Crippen LogP contribution in [0.4, 0.5) is 4.79 Å². The van der Waals surface area contributed by atoms with Gasteiger partial charge in [-0.2, -0.15) is 0 Å². The summed E-state index contributed by atoms with van der Waals surface area (Å²) < 4.78 is 0. The third-order valence-electron chi connectivity index (χ3n) is 5.15. The van der Waals surface area contributed by atoms with Gasteiger partial charge in [-0.25, -0.2) is 4.79 Å². The first-order valence-electron chi connectivity index (χ1n) is 9.03. The molecule has 136 valence electrons. The number of benzene rings is 1. The van der Waals surface area contributed by atoms with Gasteiger partial charge >= 0.3 is 12.0 Å². The number of carbonyl (C=O) groups is 2. The highest BCUT2D eigenvalue weighted by Gasteiger charge is 2.34. The molecular weight excluding hydrogens is 318 g/mol. The molecule has 0 radical (unpaired) electrons. The molecule has 0 unspecified atom stereocenters. The minimum absolute atomic E-state index is 0.0412. The average Bonchev–Trinajstić information content (AvgIpc) is 2.85. The number of aliphatic carboxylic acids is 1. The predicted octanol–water partition coefficient (Wildman–Crippen LogP) is 1.59. The summed E-state index contributed by atoms with van der Waals surface area (Å²) in [5, 5.41) is 12.5. The Kier molecular flexibility index (Phi) is 5.27. The first-order chi connectivity index (χ1) is 11.9. The Morgan fingerprint density at radius 2 is 1.76 bits per heavy atom. The lowest BCUT2D eigenvalue weighted by Crippen LogP contribution is -2.46. The summed E-state index contributed by atoms with van der Waals surface area (Å²) in [6.07, 6.45) is 1.92. The number of hydrogen-bond donors (Lipinski definition) is 2. The zero-order valence-corrected chi connectivity index (χ0v) is 14.9. The zero-order chi connectivity index (χ0) is 18.0. The van der Waals surface area contributed by atoms with Crippen LogP contribution in [0.1, 0.15) is 25.0 Å². The van der Waals surface area contributed by atoms with E-state index in [0.29, 0.717) is 25.7 Å². The van der Waals surface area contributed by atoms with Crippen molar-refractivity contribution < 1.29 is 14.7 Å². The maximum Gasteiger partial charge on any atom is 0.317 e. The number of urea groups is 1. The number of nitrogens with zero attached hydrogens (tertiary/aromatic N) is 2. The summed E-state index contributed by atoms with van der Waals surface area (Å²) in [4.78, 5) is 27.9. The van der Waals surface area contributed by atoms with Gasteiger partial charge in [-0.05, 0) is 37.8 Å². The summed E-state index contributed by atoms with van der Waals surface area (Å²) in [6, 6.07) is 8.63. The zero-order valence-electron chi connectivity index (χ0n) is 14.9. The van der Waals surface area contributed by atoms with Crippen molar-refractivity contribution >= 4 is 12.0 Å². The lowest BCUT2D eigenvalue weighted by molar-refractivity contribution is -0.142. The van der Waals surface area contributed by atoms with Crippen molar-refractivity contribution in [3.05, 3.63) is 35.4 Å². The van der Waals surface area contributed by atoms with Gasteiger partial charge in [-0.15, -0.1) is 0 Å². The van der Waals surface area contributed by atoms with Gasteiger partial charge in [0.1, 0.15) is 0 Å². The summed E-state index contributed by atoms with van der Waals surface area (Å²) in [6.45, 7) is 5.87. The van der Waals surface area contributed by atoms with Gasteiger partial charge in [0, 0.05) is 38.3 Å². The molecule has 0 bridgehead atoms. The SMILES string of the molecule is CC(C)NC(=O)N1CCN(C2Cc3ccccc3C2)C[C@@H](C(=O)O)C1. The number of carbonyl (C=O) groups excluding carboxylic acids is 1. The van der Waals surface area contributed by atoms with Crippen LogP contribution >= 0.6 is 0 Å². The largest absolute Gasteiger partial charge is 0.481 e. The second-order valence-corrected chi connectivity index (χ2v) is 7.41. The number of carboxylic acid groups (broad SMARTS) is 1. The molecule has 2 aliphatic rings. The van der Waals surface area contributed by atoms with Crippen molar-refractivity contribution in [2.24, 2.45) is 5.92 Å². The lowest BCUT2D eigenvalue weighted by atomic mass is 10.1. The van der Waals surface area contributed by atoms with Crippen molar-refractivity contribution in [3.8, 4) is 0 Å². The monoisotopic (exact) mass is 345 g/mol. The van der Waals surface area contributed by atoms with Gasteiger partial charge in [0.15, 0.2) is 0 Å². The topological polar surface area (TPSA) is 72.9 Å². The normalized spacial score (nSPS) is 21.9. The minimum Gasteiger partial charge on any atom is -0.481 e. The molecule has 6 nitrogen and oxygen atoms in total. The van der Waals surface area contributed by atoms with Crippen LogP contribution in [0.25, 0.3) is 0 Å². The van der Waals surface area contributed by atoms with Crippen LogP contribution in [0, 0.1) is 5.92 Å². The Morgan fingerprint density at radius 1 is 1.12 bits per heavy atom. The Labute approximate surface area is 148 Å². The van der Waals surface area contributed by atoms with E-state index in [0.717, 1.165) is 12.8 Å². The Morgan fingerprint density at radius 3 is 2.32 bits per heavy atom. The minimum atomic E-state index is -0.829. The Hall–Kier alpha value is -2.08. The number of carboxylic acids is 1. The summed E-state index contributed by atoms with van der Waals surface area (Å²) in [5.74, 6) is -1.38. The van der Waals surface area contributed by atoms with Crippen molar-refractivity contribution in [2.75, 3.05) is 26.2 Å². The predicted molar refractivity (Wildman–Crippen MR) is 95.6 cm³/mol. The molecule has 2 amide bonds. The summed E-state index contributed by atoms with van der Waals surface area (Å²) >= 11 is 0. The van der Waals surface area contributed by atoms with E-state index in [-0.39, 0.29) is 18.6 Å². The highest BCUT2D eigenvalue weighted by Crippen LogP contribution is 2.27. The molecule has 1 saturated heterocycles. The van der Waals surface area contributed by atoms with Gasteiger partial charge < -0.3 is 15.3 Å². The van der Waals surface area contributed by atoms with Crippen LogP contribution in [0.5, 0.6) is 0 Å². The molecule has 0 spiro atoms. The van der Waals surface area contributed by atoms with Gasteiger partial charge in [-0.3, -0.25) is 9.69 Å². The van der Waals surface area contributed by atoms with Crippen molar-refractivity contribution in [1.29, 1.82) is 0 Å². The van der Waals surface area contributed by atoms with E-state index in [9.17, 15) is 14.7 Å². The maximum absolute atomic E-state index is 12.3. The number of hydrogen-bond acceptors (Lipinski definition) is 3. The molecule has 3 rings (SSSR count). The van der Waals surface area contributed by atoms with E-state index in [1.807, 2.05) is 13.8 Å². The van der Waals surface area contributed by atoms with E-state index in [4.69, 9.17) is 0 Å².